The van der Waals surface area contributed by atoms with Gasteiger partial charge >= 0.3 is 0 Å². The van der Waals surface area contributed by atoms with Crippen LogP contribution in [-0.2, 0) is 10.2 Å². The van der Waals surface area contributed by atoms with Crippen LogP contribution in [0.1, 0.15) is 36.6 Å². The zero-order valence-electron chi connectivity index (χ0n) is 18.8. The minimum Gasteiger partial charge on any atom is -0.467 e. The number of hydrogen-bond acceptors (Lipinski definition) is 2. The van der Waals surface area contributed by atoms with E-state index in [9.17, 15) is 0 Å². The second kappa shape index (κ2) is 7.97. The average molecular weight is 448 g/mol. The molecule has 2 unspecified atom stereocenters. The number of ether oxygens (including phenoxy) is 1. The largest absolute Gasteiger partial charge is 0.467 e. The van der Waals surface area contributed by atoms with Crippen LogP contribution in [0.5, 0.6) is 0 Å². The van der Waals surface area contributed by atoms with Crippen LogP contribution in [0, 0.1) is 0 Å². The molecule has 6 rings (SSSR count). The van der Waals surface area contributed by atoms with E-state index in [1.54, 1.807) is 0 Å². The van der Waals surface area contributed by atoms with Crippen molar-refractivity contribution in [3.63, 3.8) is 0 Å². The van der Waals surface area contributed by atoms with Gasteiger partial charge in [-0.15, -0.1) is 0 Å². The van der Waals surface area contributed by atoms with E-state index in [0.29, 0.717) is 0 Å². The summed E-state index contributed by atoms with van der Waals surface area (Å²) in [4.78, 5) is 5.22. The van der Waals surface area contributed by atoms with E-state index in [0.717, 1.165) is 11.5 Å². The topological polar surface area (TPSA) is 21.6 Å². The van der Waals surface area contributed by atoms with Crippen LogP contribution >= 0.6 is 7.92 Å². The van der Waals surface area contributed by atoms with Crippen LogP contribution in [0.3, 0.4) is 0 Å². The third kappa shape index (κ3) is 3.33. The van der Waals surface area contributed by atoms with Crippen LogP contribution in [-0.4, -0.2) is 11.9 Å². The van der Waals surface area contributed by atoms with Gasteiger partial charge in [-0.3, -0.25) is 0 Å². The molecule has 2 atom stereocenters. The van der Waals surface area contributed by atoms with Gasteiger partial charge in [0.1, 0.15) is 12.1 Å². The second-order valence-corrected chi connectivity index (χ2v) is 11.4. The lowest BCUT2D eigenvalue weighted by atomic mass is 9.83. The van der Waals surface area contributed by atoms with Gasteiger partial charge in [0.05, 0.1) is 0 Å². The Kier molecular flexibility index (Phi) is 4.93. The predicted octanol–water partition coefficient (Wildman–Crippen LogP) is 5.62. The number of nitrogens with zero attached hydrogens (tertiary/aromatic N) is 1. The summed E-state index contributed by atoms with van der Waals surface area (Å²) in [6, 6.07) is 39.0. The van der Waals surface area contributed by atoms with Gasteiger partial charge in [0, 0.05) is 11.0 Å². The maximum absolute atomic E-state index is 6.66. The molecule has 2 aliphatic rings. The van der Waals surface area contributed by atoms with Crippen molar-refractivity contribution in [2.45, 2.75) is 31.4 Å². The lowest BCUT2D eigenvalue weighted by Crippen LogP contribution is -2.28. The van der Waals surface area contributed by atoms with Crippen molar-refractivity contribution >= 4 is 29.7 Å². The maximum atomic E-state index is 6.66. The fraction of sp³-hybridized carbons (Fsp3) is 0.167. The molecule has 0 radical (unpaired) electrons. The molecule has 0 fully saturated rings. The Hall–Kier alpha value is -3.22. The van der Waals surface area contributed by atoms with Crippen LogP contribution in [0.2, 0.25) is 0 Å². The minimum absolute atomic E-state index is 0.0149. The summed E-state index contributed by atoms with van der Waals surface area (Å²) in [5.74, 6) is 0.780. The molecule has 0 amide bonds. The van der Waals surface area contributed by atoms with Gasteiger partial charge in [-0.1, -0.05) is 117 Å². The highest BCUT2D eigenvalue weighted by molar-refractivity contribution is 7.80. The first kappa shape index (κ1) is 20.4. The normalized spacial score (nSPS) is 20.2. The van der Waals surface area contributed by atoms with Crippen molar-refractivity contribution in [3.05, 3.63) is 126 Å². The highest BCUT2D eigenvalue weighted by Crippen LogP contribution is 2.51. The molecular formula is C30H26NOP. The van der Waals surface area contributed by atoms with E-state index in [1.165, 1.54) is 27.0 Å². The van der Waals surface area contributed by atoms with Crippen LogP contribution in [0.15, 0.2) is 114 Å². The standard InChI is InChI=1S/C30H26NOP/c1-30(2)25-19-11-9-17-23(25)27-28(30)31-29(32-27)24-18-10-12-20-26(24)33(21-13-5-3-6-14-21)22-15-7-4-8-16-22/h3-20,27-28H,1-2H3. The number of hydrogen-bond donors (Lipinski definition) is 0. The molecule has 4 aromatic rings. The third-order valence-corrected chi connectivity index (χ3v) is 9.39. The van der Waals surface area contributed by atoms with Gasteiger partial charge in [0.2, 0.25) is 5.90 Å². The van der Waals surface area contributed by atoms with Crippen molar-refractivity contribution in [3.8, 4) is 0 Å². The third-order valence-electron chi connectivity index (χ3n) is 6.89. The summed E-state index contributed by atoms with van der Waals surface area (Å²) in [6.07, 6.45) is -0.0149. The SMILES string of the molecule is CC1(C)c2ccccc2C2OC(c3ccccc3P(c3ccccc3)c3ccccc3)=NC21. The van der Waals surface area contributed by atoms with E-state index in [-0.39, 0.29) is 17.6 Å². The number of fused-ring (bicyclic) bond motifs is 3. The Balaban J connectivity index is 1.47. The molecule has 0 spiro atoms. The van der Waals surface area contributed by atoms with Gasteiger partial charge in [-0.05, 0) is 41.0 Å². The Labute approximate surface area is 196 Å². The zero-order chi connectivity index (χ0) is 22.4. The average Bonchev–Trinajstić information content (AvgIpc) is 3.40. The molecule has 0 bridgehead atoms. The zero-order valence-corrected chi connectivity index (χ0v) is 19.7. The summed E-state index contributed by atoms with van der Waals surface area (Å²) in [5, 5.41) is 3.95. The molecule has 162 valence electrons. The highest BCUT2D eigenvalue weighted by atomic mass is 31.1. The molecular weight excluding hydrogens is 421 g/mol. The predicted molar refractivity (Wildman–Crippen MR) is 139 cm³/mol. The molecule has 0 saturated carbocycles. The van der Waals surface area contributed by atoms with Crippen LogP contribution in [0.4, 0.5) is 0 Å². The molecule has 0 aromatic heterocycles. The van der Waals surface area contributed by atoms with E-state index in [4.69, 9.17) is 9.73 Å². The summed E-state index contributed by atoms with van der Waals surface area (Å²) in [5.41, 5.74) is 3.68. The Morgan fingerprint density at radius 3 is 1.97 bits per heavy atom. The Bertz CT molecular complexity index is 1290. The summed E-state index contributed by atoms with van der Waals surface area (Å²) < 4.78 is 6.66. The van der Waals surface area contributed by atoms with E-state index < -0.39 is 7.92 Å². The molecule has 0 N–H and O–H groups in total. The smallest absolute Gasteiger partial charge is 0.217 e. The quantitative estimate of drug-likeness (QED) is 0.372. The molecule has 4 aromatic carbocycles. The van der Waals surface area contributed by atoms with Crippen molar-refractivity contribution in [2.75, 3.05) is 0 Å². The molecule has 33 heavy (non-hydrogen) atoms. The second-order valence-electron chi connectivity index (χ2n) is 9.25. The molecule has 1 aliphatic heterocycles. The van der Waals surface area contributed by atoms with Crippen molar-refractivity contribution in [1.29, 1.82) is 0 Å². The summed E-state index contributed by atoms with van der Waals surface area (Å²) in [7, 11) is -0.735. The van der Waals surface area contributed by atoms with Crippen LogP contribution < -0.4 is 15.9 Å². The van der Waals surface area contributed by atoms with Crippen molar-refractivity contribution in [1.82, 2.24) is 0 Å². The van der Waals surface area contributed by atoms with Crippen LogP contribution in [0.25, 0.3) is 0 Å². The first-order chi connectivity index (χ1) is 16.1. The molecule has 1 heterocycles. The number of rotatable bonds is 4. The van der Waals surface area contributed by atoms with Crippen molar-refractivity contribution < 1.29 is 4.74 Å². The van der Waals surface area contributed by atoms with Gasteiger partial charge < -0.3 is 4.74 Å². The molecule has 3 heteroatoms. The number of aliphatic imine (C=N–C) groups is 1. The highest BCUT2D eigenvalue weighted by Gasteiger charge is 2.51. The van der Waals surface area contributed by atoms with Crippen molar-refractivity contribution in [2.24, 2.45) is 4.99 Å². The lowest BCUT2D eigenvalue weighted by Gasteiger charge is -2.23. The summed E-state index contributed by atoms with van der Waals surface area (Å²) in [6.45, 7) is 4.58. The van der Waals surface area contributed by atoms with Gasteiger partial charge in [-0.25, -0.2) is 4.99 Å². The van der Waals surface area contributed by atoms with E-state index in [1.807, 2.05) is 0 Å². The Morgan fingerprint density at radius 2 is 1.27 bits per heavy atom. The molecule has 0 saturated heterocycles. The first-order valence-corrected chi connectivity index (χ1v) is 12.8. The van der Waals surface area contributed by atoms with E-state index in [2.05, 4.69) is 123 Å². The molecule has 2 nitrogen and oxygen atoms in total. The molecule has 1 aliphatic carbocycles. The van der Waals surface area contributed by atoms with Gasteiger partial charge in [0.15, 0.2) is 0 Å². The number of benzene rings is 4. The first-order valence-electron chi connectivity index (χ1n) is 11.5. The van der Waals surface area contributed by atoms with Gasteiger partial charge in [0.25, 0.3) is 0 Å². The van der Waals surface area contributed by atoms with Gasteiger partial charge in [-0.2, -0.15) is 0 Å². The van der Waals surface area contributed by atoms with E-state index >= 15 is 0 Å². The minimum atomic E-state index is -0.735. The fourth-order valence-electron chi connectivity index (χ4n) is 5.24. The maximum Gasteiger partial charge on any atom is 0.217 e. The monoisotopic (exact) mass is 447 g/mol. The lowest BCUT2D eigenvalue weighted by molar-refractivity contribution is 0.186. The fourth-order valence-corrected chi connectivity index (χ4v) is 7.68. The Morgan fingerprint density at radius 1 is 0.697 bits per heavy atom. The summed E-state index contributed by atoms with van der Waals surface area (Å²) >= 11 is 0.